The molecule has 0 spiro atoms. The lowest BCUT2D eigenvalue weighted by atomic mass is 10.2. The van der Waals surface area contributed by atoms with Crippen LogP contribution in [0.3, 0.4) is 0 Å². The molecule has 2 aromatic rings. The third kappa shape index (κ3) is 1.93. The standard InChI is InChI=1S/C12H17N3O/c1-4-16-12(9(2)3)15-11-8-6-5-7-10(11)13-14-15/h5-9,12H,4H2,1-3H3. The Morgan fingerprint density at radius 3 is 2.75 bits per heavy atom. The molecule has 0 aliphatic carbocycles. The number of ether oxygens (including phenoxy) is 1. The molecule has 0 saturated carbocycles. The highest BCUT2D eigenvalue weighted by Crippen LogP contribution is 2.22. The number of benzene rings is 1. The van der Waals surface area contributed by atoms with Gasteiger partial charge in [0.1, 0.15) is 5.52 Å². The first-order chi connectivity index (χ1) is 7.74. The first kappa shape index (κ1) is 11.1. The summed E-state index contributed by atoms with van der Waals surface area (Å²) < 4.78 is 7.58. The lowest BCUT2D eigenvalue weighted by molar-refractivity contribution is -0.0292. The van der Waals surface area contributed by atoms with Gasteiger partial charge in [0.2, 0.25) is 0 Å². The Labute approximate surface area is 95.2 Å². The van der Waals surface area contributed by atoms with Gasteiger partial charge in [-0.15, -0.1) is 5.10 Å². The molecule has 0 N–H and O–H groups in total. The Kier molecular flexibility index (Phi) is 3.19. The summed E-state index contributed by atoms with van der Waals surface area (Å²) in [6, 6.07) is 7.93. The van der Waals surface area contributed by atoms with Crippen molar-refractivity contribution >= 4 is 11.0 Å². The molecular weight excluding hydrogens is 202 g/mol. The van der Waals surface area contributed by atoms with Gasteiger partial charge in [-0.05, 0) is 19.1 Å². The number of hydrogen-bond donors (Lipinski definition) is 0. The van der Waals surface area contributed by atoms with Gasteiger partial charge in [-0.3, -0.25) is 0 Å². The number of rotatable bonds is 4. The maximum atomic E-state index is 5.72. The van der Waals surface area contributed by atoms with Crippen LogP contribution in [0.5, 0.6) is 0 Å². The molecule has 0 amide bonds. The molecule has 16 heavy (non-hydrogen) atoms. The fourth-order valence-electron chi connectivity index (χ4n) is 1.79. The Morgan fingerprint density at radius 2 is 2.06 bits per heavy atom. The summed E-state index contributed by atoms with van der Waals surface area (Å²) in [5.41, 5.74) is 1.93. The molecule has 0 aliphatic heterocycles. The maximum absolute atomic E-state index is 5.72. The van der Waals surface area contributed by atoms with Crippen molar-refractivity contribution in [1.29, 1.82) is 0 Å². The number of hydrogen-bond acceptors (Lipinski definition) is 3. The first-order valence-corrected chi connectivity index (χ1v) is 5.65. The molecule has 1 heterocycles. The second kappa shape index (κ2) is 4.61. The lowest BCUT2D eigenvalue weighted by Crippen LogP contribution is -2.19. The Bertz CT molecular complexity index is 464. The minimum Gasteiger partial charge on any atom is -0.356 e. The predicted molar refractivity (Wildman–Crippen MR) is 63.0 cm³/mol. The fourth-order valence-corrected chi connectivity index (χ4v) is 1.79. The van der Waals surface area contributed by atoms with Crippen LogP contribution >= 0.6 is 0 Å². The van der Waals surface area contributed by atoms with Crippen LogP contribution in [-0.4, -0.2) is 21.6 Å². The van der Waals surface area contributed by atoms with E-state index in [-0.39, 0.29) is 6.23 Å². The normalized spacial score (nSPS) is 13.5. The van der Waals surface area contributed by atoms with Crippen LogP contribution in [0.4, 0.5) is 0 Å². The maximum Gasteiger partial charge on any atom is 0.154 e. The molecule has 0 radical (unpaired) electrons. The quantitative estimate of drug-likeness (QED) is 0.793. The van der Waals surface area contributed by atoms with E-state index in [2.05, 4.69) is 24.2 Å². The molecule has 2 rings (SSSR count). The molecular formula is C12H17N3O. The smallest absolute Gasteiger partial charge is 0.154 e. The second-order valence-corrected chi connectivity index (χ2v) is 4.11. The summed E-state index contributed by atoms with van der Waals surface area (Å²) in [5.74, 6) is 0.366. The van der Waals surface area contributed by atoms with Crippen molar-refractivity contribution in [3.05, 3.63) is 24.3 Å². The van der Waals surface area contributed by atoms with Crippen LogP contribution in [-0.2, 0) is 4.74 Å². The predicted octanol–water partition coefficient (Wildman–Crippen LogP) is 2.62. The van der Waals surface area contributed by atoms with Crippen LogP contribution in [0.25, 0.3) is 11.0 Å². The van der Waals surface area contributed by atoms with Crippen molar-refractivity contribution in [2.45, 2.75) is 27.0 Å². The fraction of sp³-hybridized carbons (Fsp3) is 0.500. The molecule has 86 valence electrons. The zero-order valence-electron chi connectivity index (χ0n) is 9.92. The average molecular weight is 219 g/mol. The van der Waals surface area contributed by atoms with Crippen molar-refractivity contribution in [2.75, 3.05) is 6.61 Å². The Balaban J connectivity index is 2.44. The summed E-state index contributed by atoms with van der Waals surface area (Å²) in [4.78, 5) is 0. The van der Waals surface area contributed by atoms with Crippen LogP contribution in [0, 0.1) is 5.92 Å². The van der Waals surface area contributed by atoms with E-state index in [1.165, 1.54) is 0 Å². The van der Waals surface area contributed by atoms with Crippen LogP contribution < -0.4 is 0 Å². The number of aromatic nitrogens is 3. The van der Waals surface area contributed by atoms with E-state index in [0.717, 1.165) is 11.0 Å². The summed E-state index contributed by atoms with van der Waals surface area (Å²) in [5, 5.41) is 8.31. The zero-order valence-corrected chi connectivity index (χ0v) is 9.92. The number of para-hydroxylation sites is 1. The van der Waals surface area contributed by atoms with E-state index < -0.39 is 0 Å². The Hall–Kier alpha value is -1.42. The van der Waals surface area contributed by atoms with Crippen LogP contribution in [0.2, 0.25) is 0 Å². The van der Waals surface area contributed by atoms with Gasteiger partial charge in [0.05, 0.1) is 5.52 Å². The average Bonchev–Trinajstić information content (AvgIpc) is 2.69. The van der Waals surface area contributed by atoms with Gasteiger partial charge >= 0.3 is 0 Å². The molecule has 1 unspecified atom stereocenters. The molecule has 0 fully saturated rings. The lowest BCUT2D eigenvalue weighted by Gasteiger charge is -2.21. The highest BCUT2D eigenvalue weighted by Gasteiger charge is 2.18. The zero-order chi connectivity index (χ0) is 11.5. The molecule has 0 bridgehead atoms. The van der Waals surface area contributed by atoms with E-state index in [1.54, 1.807) is 0 Å². The van der Waals surface area contributed by atoms with Crippen LogP contribution in [0.1, 0.15) is 27.0 Å². The minimum absolute atomic E-state index is 0.0441. The van der Waals surface area contributed by atoms with Crippen LogP contribution in [0.15, 0.2) is 24.3 Å². The Morgan fingerprint density at radius 1 is 1.31 bits per heavy atom. The van der Waals surface area contributed by atoms with Gasteiger partial charge in [-0.25, -0.2) is 4.68 Å². The van der Waals surface area contributed by atoms with E-state index in [4.69, 9.17) is 4.74 Å². The third-order valence-corrected chi connectivity index (χ3v) is 2.53. The number of nitrogens with zero attached hydrogens (tertiary/aromatic N) is 3. The van der Waals surface area contributed by atoms with Crippen molar-refractivity contribution in [1.82, 2.24) is 15.0 Å². The summed E-state index contributed by atoms with van der Waals surface area (Å²) >= 11 is 0. The monoisotopic (exact) mass is 219 g/mol. The summed E-state index contributed by atoms with van der Waals surface area (Å²) in [6.45, 7) is 6.92. The van der Waals surface area contributed by atoms with E-state index >= 15 is 0 Å². The summed E-state index contributed by atoms with van der Waals surface area (Å²) in [7, 11) is 0. The van der Waals surface area contributed by atoms with Gasteiger partial charge in [0.25, 0.3) is 0 Å². The van der Waals surface area contributed by atoms with Crippen molar-refractivity contribution in [3.63, 3.8) is 0 Å². The molecule has 1 atom stereocenters. The first-order valence-electron chi connectivity index (χ1n) is 5.65. The molecule has 1 aromatic heterocycles. The van der Waals surface area contributed by atoms with E-state index in [9.17, 15) is 0 Å². The highest BCUT2D eigenvalue weighted by atomic mass is 16.5. The third-order valence-electron chi connectivity index (χ3n) is 2.53. The second-order valence-electron chi connectivity index (χ2n) is 4.11. The molecule has 4 heteroatoms. The topological polar surface area (TPSA) is 39.9 Å². The van der Waals surface area contributed by atoms with Crippen molar-refractivity contribution < 1.29 is 4.74 Å². The minimum atomic E-state index is -0.0441. The van der Waals surface area contributed by atoms with Gasteiger partial charge in [-0.1, -0.05) is 31.2 Å². The van der Waals surface area contributed by atoms with E-state index in [1.807, 2.05) is 35.9 Å². The van der Waals surface area contributed by atoms with Gasteiger partial charge in [0, 0.05) is 12.5 Å². The molecule has 4 nitrogen and oxygen atoms in total. The molecule has 0 aliphatic rings. The number of fused-ring (bicyclic) bond motifs is 1. The van der Waals surface area contributed by atoms with Gasteiger partial charge < -0.3 is 4.74 Å². The molecule has 1 aromatic carbocycles. The highest BCUT2D eigenvalue weighted by molar-refractivity contribution is 5.73. The molecule has 0 saturated heterocycles. The van der Waals surface area contributed by atoms with Crippen molar-refractivity contribution in [2.24, 2.45) is 5.92 Å². The SMILES string of the molecule is CCOC(C(C)C)n1nnc2ccccc21. The van der Waals surface area contributed by atoms with Crippen molar-refractivity contribution in [3.8, 4) is 0 Å². The largest absolute Gasteiger partial charge is 0.356 e. The van der Waals surface area contributed by atoms with E-state index in [0.29, 0.717) is 12.5 Å². The van der Waals surface area contributed by atoms with Gasteiger partial charge in [-0.2, -0.15) is 0 Å². The summed E-state index contributed by atoms with van der Waals surface area (Å²) in [6.07, 6.45) is -0.0441. The van der Waals surface area contributed by atoms with Gasteiger partial charge in [0.15, 0.2) is 6.23 Å².